The van der Waals surface area contributed by atoms with E-state index >= 15 is 0 Å². The van der Waals surface area contributed by atoms with E-state index in [0.29, 0.717) is 0 Å². The summed E-state index contributed by atoms with van der Waals surface area (Å²) in [7, 11) is 1.86. The average molecular weight is 292 g/mol. The highest BCUT2D eigenvalue weighted by Gasteiger charge is 2.01. The molecule has 2 N–H and O–H groups in total. The molecular formula is C13H14BrN3. The van der Waals surface area contributed by atoms with Crippen LogP contribution in [0.5, 0.6) is 0 Å². The molecule has 0 bridgehead atoms. The van der Waals surface area contributed by atoms with E-state index < -0.39 is 0 Å². The molecular weight excluding hydrogens is 278 g/mol. The lowest BCUT2D eigenvalue weighted by Crippen LogP contribution is -1.96. The van der Waals surface area contributed by atoms with Crippen LogP contribution in [0.15, 0.2) is 41.0 Å². The van der Waals surface area contributed by atoms with Crippen LogP contribution in [0.4, 0.5) is 17.2 Å². The third-order valence-corrected chi connectivity index (χ3v) is 2.99. The molecule has 0 fully saturated rings. The molecule has 4 heteroatoms. The molecule has 88 valence electrons. The number of nitrogens with one attached hydrogen (secondary N) is 2. The van der Waals surface area contributed by atoms with Gasteiger partial charge in [-0.3, -0.25) is 0 Å². The number of halogens is 1. The standard InChI is InChI=1S/C13H14BrN3/c1-9-3-4-10(14)7-12(9)17-11-5-6-16-13(8-11)15-2/h3-8H,1-2H3,(H2,15,16,17). The lowest BCUT2D eigenvalue weighted by Gasteiger charge is -2.10. The smallest absolute Gasteiger partial charge is 0.127 e. The maximum absolute atomic E-state index is 4.18. The fourth-order valence-corrected chi connectivity index (χ4v) is 1.89. The first kappa shape index (κ1) is 11.9. The van der Waals surface area contributed by atoms with Crippen molar-refractivity contribution in [3.8, 4) is 0 Å². The lowest BCUT2D eigenvalue weighted by atomic mass is 10.2. The highest BCUT2D eigenvalue weighted by atomic mass is 79.9. The van der Waals surface area contributed by atoms with Gasteiger partial charge in [-0.1, -0.05) is 22.0 Å². The van der Waals surface area contributed by atoms with Gasteiger partial charge in [-0.05, 0) is 30.7 Å². The zero-order valence-electron chi connectivity index (χ0n) is 9.79. The quantitative estimate of drug-likeness (QED) is 0.899. The van der Waals surface area contributed by atoms with Gasteiger partial charge in [0.05, 0.1) is 0 Å². The summed E-state index contributed by atoms with van der Waals surface area (Å²) < 4.78 is 1.06. The average Bonchev–Trinajstić information content (AvgIpc) is 2.34. The van der Waals surface area contributed by atoms with Crippen LogP contribution in [0.2, 0.25) is 0 Å². The largest absolute Gasteiger partial charge is 0.373 e. The summed E-state index contributed by atoms with van der Waals surface area (Å²) in [6.07, 6.45) is 1.78. The van der Waals surface area contributed by atoms with Gasteiger partial charge in [-0.2, -0.15) is 0 Å². The van der Waals surface area contributed by atoms with Crippen LogP contribution in [0.3, 0.4) is 0 Å². The molecule has 1 heterocycles. The van der Waals surface area contributed by atoms with Crippen molar-refractivity contribution in [2.24, 2.45) is 0 Å². The number of hydrogen-bond donors (Lipinski definition) is 2. The van der Waals surface area contributed by atoms with Crippen molar-refractivity contribution in [2.75, 3.05) is 17.7 Å². The molecule has 0 aliphatic heterocycles. The molecule has 0 atom stereocenters. The third-order valence-electron chi connectivity index (χ3n) is 2.49. The topological polar surface area (TPSA) is 37.0 Å². The molecule has 2 aromatic rings. The van der Waals surface area contributed by atoms with Crippen LogP contribution in [-0.4, -0.2) is 12.0 Å². The molecule has 0 amide bonds. The Kier molecular flexibility index (Phi) is 3.64. The van der Waals surface area contributed by atoms with E-state index in [-0.39, 0.29) is 0 Å². The Balaban J connectivity index is 2.27. The van der Waals surface area contributed by atoms with Crippen molar-refractivity contribution in [3.63, 3.8) is 0 Å². The molecule has 2 rings (SSSR count). The molecule has 0 aliphatic carbocycles. The minimum atomic E-state index is 0.850. The number of anilines is 3. The Labute approximate surface area is 109 Å². The van der Waals surface area contributed by atoms with Gasteiger partial charge >= 0.3 is 0 Å². The monoisotopic (exact) mass is 291 g/mol. The maximum Gasteiger partial charge on any atom is 0.127 e. The number of aromatic nitrogens is 1. The predicted molar refractivity (Wildman–Crippen MR) is 75.9 cm³/mol. The van der Waals surface area contributed by atoms with E-state index in [1.165, 1.54) is 5.56 Å². The summed E-state index contributed by atoms with van der Waals surface area (Å²) in [5, 5.41) is 6.40. The van der Waals surface area contributed by atoms with E-state index in [1.807, 2.05) is 25.2 Å². The van der Waals surface area contributed by atoms with Crippen LogP contribution >= 0.6 is 15.9 Å². The van der Waals surface area contributed by atoms with E-state index in [1.54, 1.807) is 6.20 Å². The molecule has 0 unspecified atom stereocenters. The molecule has 3 nitrogen and oxygen atoms in total. The van der Waals surface area contributed by atoms with E-state index in [4.69, 9.17) is 0 Å². The van der Waals surface area contributed by atoms with E-state index in [9.17, 15) is 0 Å². The van der Waals surface area contributed by atoms with Gasteiger partial charge < -0.3 is 10.6 Å². The van der Waals surface area contributed by atoms with Crippen molar-refractivity contribution >= 4 is 33.1 Å². The van der Waals surface area contributed by atoms with Crippen LogP contribution in [0.1, 0.15) is 5.56 Å². The molecule has 1 aromatic carbocycles. The second kappa shape index (κ2) is 5.19. The number of rotatable bonds is 3. The van der Waals surface area contributed by atoms with Gasteiger partial charge in [0.25, 0.3) is 0 Å². The van der Waals surface area contributed by atoms with Gasteiger partial charge in [0.1, 0.15) is 5.82 Å². The Morgan fingerprint density at radius 3 is 2.76 bits per heavy atom. The maximum atomic E-state index is 4.18. The Morgan fingerprint density at radius 1 is 1.18 bits per heavy atom. The Bertz CT molecular complexity index is 526. The Morgan fingerprint density at radius 2 is 2.00 bits per heavy atom. The number of aryl methyl sites for hydroxylation is 1. The fraction of sp³-hybridized carbons (Fsp3) is 0.154. The minimum Gasteiger partial charge on any atom is -0.373 e. The molecule has 0 aliphatic rings. The first-order valence-corrected chi connectivity index (χ1v) is 6.15. The zero-order chi connectivity index (χ0) is 12.3. The second-order valence-corrected chi connectivity index (χ2v) is 4.68. The Hall–Kier alpha value is -1.55. The van der Waals surface area contributed by atoms with Crippen molar-refractivity contribution in [1.82, 2.24) is 4.98 Å². The number of nitrogens with zero attached hydrogens (tertiary/aromatic N) is 1. The third kappa shape index (κ3) is 2.97. The van der Waals surface area contributed by atoms with Crippen molar-refractivity contribution in [1.29, 1.82) is 0 Å². The number of pyridine rings is 1. The first-order valence-electron chi connectivity index (χ1n) is 5.36. The van der Waals surface area contributed by atoms with Crippen molar-refractivity contribution in [3.05, 3.63) is 46.6 Å². The summed E-state index contributed by atoms with van der Waals surface area (Å²) in [4.78, 5) is 4.18. The van der Waals surface area contributed by atoms with Gasteiger partial charge in [0.15, 0.2) is 0 Å². The molecule has 1 aromatic heterocycles. The van der Waals surface area contributed by atoms with Gasteiger partial charge in [0.2, 0.25) is 0 Å². The fourth-order valence-electron chi connectivity index (χ4n) is 1.53. The summed E-state index contributed by atoms with van der Waals surface area (Å²) >= 11 is 3.47. The molecule has 0 saturated heterocycles. The van der Waals surface area contributed by atoms with Crippen LogP contribution in [0.25, 0.3) is 0 Å². The molecule has 0 spiro atoms. The van der Waals surface area contributed by atoms with Crippen LogP contribution in [-0.2, 0) is 0 Å². The van der Waals surface area contributed by atoms with E-state index in [0.717, 1.165) is 21.7 Å². The van der Waals surface area contributed by atoms with Crippen molar-refractivity contribution in [2.45, 2.75) is 6.92 Å². The van der Waals surface area contributed by atoms with Gasteiger partial charge in [-0.25, -0.2) is 4.98 Å². The summed E-state index contributed by atoms with van der Waals surface area (Å²) in [5.41, 5.74) is 3.31. The van der Waals surface area contributed by atoms with Gasteiger partial charge in [-0.15, -0.1) is 0 Å². The minimum absolute atomic E-state index is 0.850. The zero-order valence-corrected chi connectivity index (χ0v) is 11.4. The van der Waals surface area contributed by atoms with Crippen LogP contribution < -0.4 is 10.6 Å². The summed E-state index contributed by atoms with van der Waals surface area (Å²) in [6, 6.07) is 10.1. The molecule has 0 radical (unpaired) electrons. The second-order valence-electron chi connectivity index (χ2n) is 3.76. The summed E-state index contributed by atoms with van der Waals surface area (Å²) in [6.45, 7) is 2.08. The number of benzene rings is 1. The predicted octanol–water partition coefficient (Wildman–Crippen LogP) is 3.94. The highest BCUT2D eigenvalue weighted by molar-refractivity contribution is 9.10. The summed E-state index contributed by atoms with van der Waals surface area (Å²) in [5.74, 6) is 0.850. The van der Waals surface area contributed by atoms with Gasteiger partial charge in [0, 0.05) is 35.2 Å². The SMILES string of the molecule is CNc1cc(Nc2cc(Br)ccc2C)ccn1. The normalized spacial score (nSPS) is 10.1. The molecule has 17 heavy (non-hydrogen) atoms. The van der Waals surface area contributed by atoms with E-state index in [2.05, 4.69) is 50.6 Å². The van der Waals surface area contributed by atoms with Crippen molar-refractivity contribution < 1.29 is 0 Å². The van der Waals surface area contributed by atoms with Crippen LogP contribution in [0, 0.1) is 6.92 Å². The molecule has 0 saturated carbocycles. The number of hydrogen-bond acceptors (Lipinski definition) is 3. The first-order chi connectivity index (χ1) is 8.19. The highest BCUT2D eigenvalue weighted by Crippen LogP contribution is 2.24. The lowest BCUT2D eigenvalue weighted by molar-refractivity contribution is 1.28.